The van der Waals surface area contributed by atoms with Gasteiger partial charge in [-0.25, -0.2) is 9.07 Å². The number of nitrogens with one attached hydrogen (secondary N) is 1. The molecule has 2 aliphatic rings. The van der Waals surface area contributed by atoms with Crippen molar-refractivity contribution in [1.82, 2.24) is 24.9 Å². The van der Waals surface area contributed by atoms with E-state index in [0.29, 0.717) is 29.6 Å². The normalized spacial score (nSPS) is 15.6. The van der Waals surface area contributed by atoms with Gasteiger partial charge in [0.25, 0.3) is 0 Å². The van der Waals surface area contributed by atoms with Crippen LogP contribution in [0.2, 0.25) is 5.02 Å². The summed E-state index contributed by atoms with van der Waals surface area (Å²) < 4.78 is 16.7. The first-order valence-corrected chi connectivity index (χ1v) is 10.6. The molecule has 1 amide bonds. The van der Waals surface area contributed by atoms with Crippen molar-refractivity contribution in [2.75, 3.05) is 24.5 Å². The van der Waals surface area contributed by atoms with Crippen LogP contribution in [-0.4, -0.2) is 50.9 Å². The van der Waals surface area contributed by atoms with Gasteiger partial charge in [0, 0.05) is 13.1 Å². The van der Waals surface area contributed by atoms with Gasteiger partial charge in [-0.1, -0.05) is 11.6 Å². The topological polar surface area (TPSA) is 80.3 Å². The summed E-state index contributed by atoms with van der Waals surface area (Å²) in [4.78, 5) is 19.3. The van der Waals surface area contributed by atoms with E-state index in [9.17, 15) is 9.18 Å². The Morgan fingerprint density at radius 3 is 2.84 bits per heavy atom. The number of anilines is 1. The number of carbonyl (C=O) groups is 1. The molecule has 0 aliphatic carbocycles. The SMILES string of the molecule is Cc1c(Cl)c(C2=NCCN2)nn1CC(=O)N1CCCc2c1cnn2-c1ccc(F)cc1. The molecule has 2 aliphatic heterocycles. The third kappa shape index (κ3) is 3.48. The predicted molar refractivity (Wildman–Crippen MR) is 116 cm³/mol. The zero-order chi connectivity index (χ0) is 21.5. The van der Waals surface area contributed by atoms with Gasteiger partial charge < -0.3 is 10.2 Å². The molecule has 5 rings (SSSR count). The van der Waals surface area contributed by atoms with E-state index >= 15 is 0 Å². The highest BCUT2D eigenvalue weighted by molar-refractivity contribution is 6.34. The van der Waals surface area contributed by atoms with Crippen molar-refractivity contribution in [3.8, 4) is 5.69 Å². The number of carbonyl (C=O) groups excluding carboxylic acids is 1. The fraction of sp³-hybridized carbons (Fsp3) is 0.333. The van der Waals surface area contributed by atoms with Crippen LogP contribution in [0.4, 0.5) is 10.1 Å². The predicted octanol–water partition coefficient (Wildman–Crippen LogP) is 2.50. The zero-order valence-corrected chi connectivity index (χ0v) is 17.7. The molecular formula is C21H21ClFN7O. The lowest BCUT2D eigenvalue weighted by Crippen LogP contribution is -2.38. The molecule has 10 heteroatoms. The first kappa shape index (κ1) is 19.7. The van der Waals surface area contributed by atoms with Gasteiger partial charge in [-0.05, 0) is 44.0 Å². The lowest BCUT2D eigenvalue weighted by Gasteiger charge is -2.27. The van der Waals surface area contributed by atoms with E-state index in [4.69, 9.17) is 11.6 Å². The van der Waals surface area contributed by atoms with Crippen LogP contribution in [-0.2, 0) is 17.8 Å². The molecule has 0 unspecified atom stereocenters. The molecule has 0 bridgehead atoms. The summed E-state index contributed by atoms with van der Waals surface area (Å²) in [5.74, 6) is 0.280. The van der Waals surface area contributed by atoms with Gasteiger partial charge >= 0.3 is 0 Å². The van der Waals surface area contributed by atoms with E-state index in [1.54, 1.807) is 32.6 Å². The van der Waals surface area contributed by atoms with Crippen molar-refractivity contribution < 1.29 is 9.18 Å². The van der Waals surface area contributed by atoms with E-state index in [-0.39, 0.29) is 18.3 Å². The number of amides is 1. The Labute approximate surface area is 183 Å². The summed E-state index contributed by atoms with van der Waals surface area (Å²) in [6, 6.07) is 6.17. The van der Waals surface area contributed by atoms with Crippen molar-refractivity contribution in [1.29, 1.82) is 0 Å². The van der Waals surface area contributed by atoms with Gasteiger partial charge in [0.2, 0.25) is 5.91 Å². The van der Waals surface area contributed by atoms with Crippen molar-refractivity contribution >= 4 is 29.0 Å². The molecule has 0 atom stereocenters. The average Bonchev–Trinajstić information content (AvgIpc) is 3.50. The summed E-state index contributed by atoms with van der Waals surface area (Å²) in [6.45, 7) is 3.96. The minimum Gasteiger partial charge on any atom is -0.367 e. The summed E-state index contributed by atoms with van der Waals surface area (Å²) in [5.41, 5.74) is 3.78. The van der Waals surface area contributed by atoms with Gasteiger partial charge in [0.05, 0.1) is 40.5 Å². The minimum atomic E-state index is -0.298. The van der Waals surface area contributed by atoms with Crippen LogP contribution in [0.25, 0.3) is 5.69 Å². The van der Waals surface area contributed by atoms with Crippen LogP contribution in [0.3, 0.4) is 0 Å². The summed E-state index contributed by atoms with van der Waals surface area (Å²) in [5, 5.41) is 12.7. The fourth-order valence-corrected chi connectivity index (χ4v) is 4.24. The summed E-state index contributed by atoms with van der Waals surface area (Å²) in [6.07, 6.45) is 3.30. The van der Waals surface area contributed by atoms with Crippen LogP contribution in [0.5, 0.6) is 0 Å². The van der Waals surface area contributed by atoms with Crippen molar-refractivity contribution in [2.45, 2.75) is 26.3 Å². The molecule has 8 nitrogen and oxygen atoms in total. The second-order valence-corrected chi connectivity index (χ2v) is 7.95. The van der Waals surface area contributed by atoms with Gasteiger partial charge in [-0.2, -0.15) is 10.2 Å². The second-order valence-electron chi connectivity index (χ2n) is 7.58. The molecule has 0 saturated heterocycles. The molecule has 3 aromatic rings. The van der Waals surface area contributed by atoms with Crippen molar-refractivity contribution in [3.05, 3.63) is 58.4 Å². The quantitative estimate of drug-likeness (QED) is 0.674. The van der Waals surface area contributed by atoms with Crippen LogP contribution in [0.1, 0.15) is 23.5 Å². The monoisotopic (exact) mass is 441 g/mol. The van der Waals surface area contributed by atoms with E-state index < -0.39 is 0 Å². The molecule has 1 aromatic carbocycles. The number of rotatable bonds is 4. The average molecular weight is 442 g/mol. The maximum absolute atomic E-state index is 13.3. The van der Waals surface area contributed by atoms with Gasteiger partial charge in [0.15, 0.2) is 5.84 Å². The second kappa shape index (κ2) is 7.81. The molecule has 2 aromatic heterocycles. The maximum atomic E-state index is 13.3. The molecule has 31 heavy (non-hydrogen) atoms. The standard InChI is InChI=1S/C21H21ClFN7O/c1-13-19(22)20(21-24-8-9-25-21)27-29(13)12-18(31)28-10-2-3-16-17(28)11-26-30(16)15-6-4-14(23)5-7-15/h4-7,11H,2-3,8-10,12H2,1H3,(H,24,25). The third-order valence-electron chi connectivity index (χ3n) is 5.62. The maximum Gasteiger partial charge on any atom is 0.248 e. The Morgan fingerprint density at radius 1 is 1.29 bits per heavy atom. The van der Waals surface area contributed by atoms with Gasteiger partial charge in [-0.3, -0.25) is 14.5 Å². The van der Waals surface area contributed by atoms with Crippen LogP contribution in [0, 0.1) is 12.7 Å². The Kier molecular flexibility index (Phi) is 4.97. The first-order valence-electron chi connectivity index (χ1n) is 10.2. The molecule has 0 fully saturated rings. The smallest absolute Gasteiger partial charge is 0.248 e. The number of hydrogen-bond donors (Lipinski definition) is 1. The number of hydrogen-bond acceptors (Lipinski definition) is 5. The number of aliphatic imine (C=N–C) groups is 1. The lowest BCUT2D eigenvalue weighted by atomic mass is 10.1. The molecule has 0 radical (unpaired) electrons. The molecule has 1 N–H and O–H groups in total. The van der Waals surface area contributed by atoms with Crippen molar-refractivity contribution in [3.63, 3.8) is 0 Å². The molecule has 4 heterocycles. The molecular weight excluding hydrogens is 421 g/mol. The van der Waals surface area contributed by atoms with Gasteiger partial charge in [0.1, 0.15) is 18.1 Å². The van der Waals surface area contributed by atoms with Crippen molar-refractivity contribution in [2.24, 2.45) is 4.99 Å². The van der Waals surface area contributed by atoms with Crippen LogP contribution >= 0.6 is 11.6 Å². The Bertz CT molecular complexity index is 1180. The summed E-state index contributed by atoms with van der Waals surface area (Å²) >= 11 is 6.46. The number of aromatic nitrogens is 4. The largest absolute Gasteiger partial charge is 0.367 e. The van der Waals surface area contributed by atoms with E-state index in [1.165, 1.54) is 12.1 Å². The number of nitrogens with zero attached hydrogens (tertiary/aromatic N) is 6. The van der Waals surface area contributed by atoms with Crippen LogP contribution in [0.15, 0.2) is 35.5 Å². The van der Waals surface area contributed by atoms with Gasteiger partial charge in [-0.15, -0.1) is 0 Å². The number of halogens is 2. The van der Waals surface area contributed by atoms with Crippen LogP contribution < -0.4 is 10.2 Å². The highest BCUT2D eigenvalue weighted by Crippen LogP contribution is 2.30. The Balaban J connectivity index is 1.41. The molecule has 0 spiro atoms. The van der Waals surface area contributed by atoms with E-state index in [0.717, 1.165) is 42.1 Å². The number of fused-ring (bicyclic) bond motifs is 1. The van der Waals surface area contributed by atoms with E-state index in [2.05, 4.69) is 20.5 Å². The van der Waals surface area contributed by atoms with E-state index in [1.807, 2.05) is 6.92 Å². The third-order valence-corrected chi connectivity index (χ3v) is 6.07. The summed E-state index contributed by atoms with van der Waals surface area (Å²) in [7, 11) is 0. The molecule has 160 valence electrons. The number of benzene rings is 1. The highest BCUT2D eigenvalue weighted by Gasteiger charge is 2.28. The fourth-order valence-electron chi connectivity index (χ4n) is 4.01. The number of amidine groups is 1. The Hall–Kier alpha value is -3.20. The minimum absolute atomic E-state index is 0.0694. The lowest BCUT2D eigenvalue weighted by molar-refractivity contribution is -0.119. The highest BCUT2D eigenvalue weighted by atomic mass is 35.5. The molecule has 0 saturated carbocycles. The zero-order valence-electron chi connectivity index (χ0n) is 17.0. The Morgan fingerprint density at radius 2 is 2.10 bits per heavy atom. The first-order chi connectivity index (χ1) is 15.0.